The molecule has 0 radical (unpaired) electrons. The van der Waals surface area contributed by atoms with Crippen LogP contribution in [0.15, 0.2) is 24.3 Å². The number of hydrogen-bond donors (Lipinski definition) is 0. The first-order chi connectivity index (χ1) is 7.50. The van der Waals surface area contributed by atoms with E-state index in [0.29, 0.717) is 21.2 Å². The lowest BCUT2D eigenvalue weighted by molar-refractivity contribution is -0.134. The van der Waals surface area contributed by atoms with Gasteiger partial charge in [0.25, 0.3) is 11.8 Å². The second kappa shape index (κ2) is 3.92. The van der Waals surface area contributed by atoms with E-state index in [0.717, 1.165) is 4.90 Å². The molecular weight excluding hydrogens is 249 g/mol. The third kappa shape index (κ3) is 1.72. The van der Waals surface area contributed by atoms with E-state index in [4.69, 9.17) is 23.2 Å². The summed E-state index contributed by atoms with van der Waals surface area (Å²) in [5.41, 5.74) is 0.822. The minimum absolute atomic E-state index is 0.300. The van der Waals surface area contributed by atoms with Gasteiger partial charge < -0.3 is 0 Å². The normalized spacial score (nSPS) is 15.7. The molecule has 5 heteroatoms. The van der Waals surface area contributed by atoms with Gasteiger partial charge in [0.1, 0.15) is 0 Å². The number of likely N-dealkylation sites (N-methyl/N-ethyl adjacent to an activating group) is 1. The van der Waals surface area contributed by atoms with Crippen LogP contribution in [0.5, 0.6) is 0 Å². The van der Waals surface area contributed by atoms with Crippen molar-refractivity contribution in [1.82, 2.24) is 4.90 Å². The van der Waals surface area contributed by atoms with E-state index in [1.807, 2.05) is 0 Å². The van der Waals surface area contributed by atoms with Crippen molar-refractivity contribution in [2.24, 2.45) is 0 Å². The zero-order valence-electron chi connectivity index (χ0n) is 8.33. The summed E-state index contributed by atoms with van der Waals surface area (Å²) in [5.74, 6) is -0.694. The average molecular weight is 256 g/mol. The number of imide groups is 1. The van der Waals surface area contributed by atoms with Crippen LogP contribution in [-0.2, 0) is 9.59 Å². The van der Waals surface area contributed by atoms with Crippen molar-refractivity contribution in [1.29, 1.82) is 0 Å². The number of carbonyl (C=O) groups is 2. The van der Waals surface area contributed by atoms with Crippen molar-refractivity contribution in [3.8, 4) is 0 Å². The standard InChI is InChI=1S/C11H7Cl2NO2/c1-14-10(15)5-8(11(14)16)7-3-2-6(12)4-9(7)13/h2-5H,1H3. The second-order valence-electron chi connectivity index (χ2n) is 3.38. The first-order valence-electron chi connectivity index (χ1n) is 4.50. The quantitative estimate of drug-likeness (QED) is 0.723. The van der Waals surface area contributed by atoms with Crippen LogP contribution in [0.2, 0.25) is 10.0 Å². The summed E-state index contributed by atoms with van der Waals surface area (Å²) >= 11 is 11.7. The maximum Gasteiger partial charge on any atom is 0.261 e. The van der Waals surface area contributed by atoms with Crippen LogP contribution in [0.4, 0.5) is 0 Å². The fraction of sp³-hybridized carbons (Fsp3) is 0.0909. The molecule has 2 rings (SSSR count). The van der Waals surface area contributed by atoms with E-state index in [-0.39, 0.29) is 11.8 Å². The number of halogens is 2. The number of rotatable bonds is 1. The van der Waals surface area contributed by atoms with Gasteiger partial charge in [0.2, 0.25) is 0 Å². The molecule has 0 N–H and O–H groups in total. The Hall–Kier alpha value is -1.32. The van der Waals surface area contributed by atoms with Gasteiger partial charge in [-0.2, -0.15) is 0 Å². The Balaban J connectivity index is 2.50. The van der Waals surface area contributed by atoms with Crippen LogP contribution in [-0.4, -0.2) is 23.8 Å². The summed E-state index contributed by atoms with van der Waals surface area (Å²) in [7, 11) is 1.43. The van der Waals surface area contributed by atoms with Gasteiger partial charge in [-0.15, -0.1) is 0 Å². The first kappa shape index (κ1) is 11.2. The van der Waals surface area contributed by atoms with Crippen molar-refractivity contribution in [3.63, 3.8) is 0 Å². The minimum atomic E-state index is -0.353. The van der Waals surface area contributed by atoms with Crippen LogP contribution in [0.25, 0.3) is 5.57 Å². The van der Waals surface area contributed by atoms with Crippen molar-refractivity contribution >= 4 is 40.6 Å². The summed E-state index contributed by atoms with van der Waals surface area (Å²) in [5, 5.41) is 0.842. The highest BCUT2D eigenvalue weighted by Crippen LogP contribution is 2.30. The van der Waals surface area contributed by atoms with E-state index in [1.54, 1.807) is 12.1 Å². The van der Waals surface area contributed by atoms with Gasteiger partial charge in [-0.1, -0.05) is 29.3 Å². The largest absolute Gasteiger partial charge is 0.278 e. The second-order valence-corrected chi connectivity index (χ2v) is 4.23. The molecule has 1 aromatic carbocycles. The highest BCUT2D eigenvalue weighted by Gasteiger charge is 2.29. The van der Waals surface area contributed by atoms with Gasteiger partial charge in [0.15, 0.2) is 0 Å². The van der Waals surface area contributed by atoms with Crippen molar-refractivity contribution in [3.05, 3.63) is 39.9 Å². The number of hydrogen-bond acceptors (Lipinski definition) is 2. The topological polar surface area (TPSA) is 37.4 Å². The van der Waals surface area contributed by atoms with Crippen molar-refractivity contribution in [2.45, 2.75) is 0 Å². The van der Waals surface area contributed by atoms with Crippen LogP contribution >= 0.6 is 23.2 Å². The number of nitrogens with zero attached hydrogens (tertiary/aromatic N) is 1. The highest BCUT2D eigenvalue weighted by molar-refractivity contribution is 6.40. The maximum atomic E-state index is 11.7. The lowest BCUT2D eigenvalue weighted by Crippen LogP contribution is -2.25. The lowest BCUT2D eigenvalue weighted by atomic mass is 10.1. The molecule has 0 spiro atoms. The average Bonchev–Trinajstić information content (AvgIpc) is 2.46. The molecule has 0 atom stereocenters. The highest BCUT2D eigenvalue weighted by atomic mass is 35.5. The molecule has 16 heavy (non-hydrogen) atoms. The summed E-state index contributed by atoms with van der Waals surface area (Å²) in [4.78, 5) is 24.0. The Bertz CT molecular complexity index is 523. The predicted molar refractivity (Wildman–Crippen MR) is 62.2 cm³/mol. The van der Waals surface area contributed by atoms with Gasteiger partial charge in [-0.3, -0.25) is 14.5 Å². The third-order valence-corrected chi connectivity index (χ3v) is 2.90. The molecule has 0 bridgehead atoms. The van der Waals surface area contributed by atoms with Crippen molar-refractivity contribution < 1.29 is 9.59 Å². The summed E-state index contributed by atoms with van der Waals surface area (Å²) in [6.45, 7) is 0. The smallest absolute Gasteiger partial charge is 0.261 e. The third-order valence-electron chi connectivity index (χ3n) is 2.35. The van der Waals surface area contributed by atoms with E-state index in [2.05, 4.69) is 0 Å². The molecule has 1 aromatic rings. The molecular formula is C11H7Cl2NO2. The Labute approximate surface area is 102 Å². The fourth-order valence-corrected chi connectivity index (χ4v) is 1.97. The molecule has 0 aliphatic carbocycles. The number of benzene rings is 1. The SMILES string of the molecule is CN1C(=O)C=C(c2ccc(Cl)cc2Cl)C1=O. The Morgan fingerprint density at radius 3 is 2.38 bits per heavy atom. The van der Waals surface area contributed by atoms with Crippen LogP contribution in [0.3, 0.4) is 0 Å². The summed E-state index contributed by atoms with van der Waals surface area (Å²) in [6, 6.07) is 4.79. The predicted octanol–water partition coefficient (Wildman–Crippen LogP) is 2.38. The molecule has 0 aromatic heterocycles. The molecule has 0 saturated heterocycles. The molecule has 1 aliphatic rings. The molecule has 0 saturated carbocycles. The van der Waals surface area contributed by atoms with E-state index >= 15 is 0 Å². The Kier molecular flexibility index (Phi) is 2.74. The molecule has 82 valence electrons. The van der Waals surface area contributed by atoms with Gasteiger partial charge in [-0.05, 0) is 12.1 Å². The van der Waals surface area contributed by atoms with Gasteiger partial charge in [0, 0.05) is 23.7 Å². The minimum Gasteiger partial charge on any atom is -0.278 e. The molecule has 0 fully saturated rings. The molecule has 1 heterocycles. The van der Waals surface area contributed by atoms with Crippen LogP contribution in [0, 0.1) is 0 Å². The monoisotopic (exact) mass is 255 g/mol. The van der Waals surface area contributed by atoms with Gasteiger partial charge in [-0.25, -0.2) is 0 Å². The lowest BCUT2D eigenvalue weighted by Gasteiger charge is -2.08. The maximum absolute atomic E-state index is 11.7. The van der Waals surface area contributed by atoms with Crippen LogP contribution < -0.4 is 0 Å². The fourth-order valence-electron chi connectivity index (χ4n) is 1.46. The molecule has 2 amide bonds. The Morgan fingerprint density at radius 2 is 1.88 bits per heavy atom. The van der Waals surface area contributed by atoms with E-state index in [1.165, 1.54) is 19.2 Å². The molecule has 0 unspecified atom stereocenters. The van der Waals surface area contributed by atoms with Crippen molar-refractivity contribution in [2.75, 3.05) is 7.05 Å². The first-order valence-corrected chi connectivity index (χ1v) is 5.25. The summed E-state index contributed by atoms with van der Waals surface area (Å²) in [6.07, 6.45) is 1.28. The zero-order chi connectivity index (χ0) is 11.9. The number of amides is 2. The number of carbonyl (C=O) groups excluding carboxylic acids is 2. The molecule has 1 aliphatic heterocycles. The van der Waals surface area contributed by atoms with Gasteiger partial charge in [0.05, 0.1) is 10.6 Å². The van der Waals surface area contributed by atoms with Crippen LogP contribution in [0.1, 0.15) is 5.56 Å². The Morgan fingerprint density at radius 1 is 1.19 bits per heavy atom. The van der Waals surface area contributed by atoms with Gasteiger partial charge >= 0.3 is 0 Å². The zero-order valence-corrected chi connectivity index (χ0v) is 9.84. The van der Waals surface area contributed by atoms with E-state index < -0.39 is 0 Å². The summed E-state index contributed by atoms with van der Waals surface area (Å²) < 4.78 is 0. The molecule has 3 nitrogen and oxygen atoms in total. The van der Waals surface area contributed by atoms with E-state index in [9.17, 15) is 9.59 Å².